The van der Waals surface area contributed by atoms with Gasteiger partial charge in [-0.3, -0.25) is 4.98 Å². The molecule has 1 N–H and O–H groups in total. The minimum absolute atomic E-state index is 0.0171. The molecule has 1 atom stereocenters. The second kappa shape index (κ2) is 34.5. The van der Waals surface area contributed by atoms with Gasteiger partial charge in [-0.2, -0.15) is 0 Å². The molecule has 3 aromatic rings. The molecule has 10 heteroatoms. The Balaban J connectivity index is 0.000000463. The van der Waals surface area contributed by atoms with E-state index in [9.17, 15) is 5.11 Å². The predicted molar refractivity (Wildman–Crippen MR) is 343 cm³/mol. The summed E-state index contributed by atoms with van der Waals surface area (Å²) in [5.41, 5.74) is 3.07. The van der Waals surface area contributed by atoms with E-state index in [0.717, 1.165) is 74.7 Å². The smallest absolute Gasteiger partial charge is 0.221 e. The van der Waals surface area contributed by atoms with Crippen molar-refractivity contribution in [2.45, 2.75) is 298 Å². The van der Waals surface area contributed by atoms with E-state index in [1.54, 1.807) is 25.6 Å². The second-order valence-electron chi connectivity index (χ2n) is 33.1. The quantitative estimate of drug-likeness (QED) is 0.252. The van der Waals surface area contributed by atoms with Crippen molar-refractivity contribution in [3.05, 3.63) is 60.2 Å². The fourth-order valence-corrected chi connectivity index (χ4v) is 10.6. The maximum absolute atomic E-state index is 10.1. The third-order valence-corrected chi connectivity index (χ3v) is 17.0. The summed E-state index contributed by atoms with van der Waals surface area (Å²) in [6.07, 6.45) is 27.0. The molecule has 3 saturated heterocycles. The Kier molecular flexibility index (Phi) is 32.5. The van der Waals surface area contributed by atoms with E-state index in [1.807, 2.05) is 33.0 Å². The molecule has 5 aliphatic rings. The van der Waals surface area contributed by atoms with Crippen LogP contribution in [0.2, 0.25) is 0 Å². The Morgan fingerprint density at radius 3 is 1.31 bits per heavy atom. The third-order valence-electron chi connectivity index (χ3n) is 17.0. The fourth-order valence-electron chi connectivity index (χ4n) is 10.6. The molecular weight excluding hydrogens is 1000 g/mol. The number of ether oxygens (including phenoxy) is 3. The first-order valence-electron chi connectivity index (χ1n) is 32.0. The number of rotatable bonds is 1. The zero-order valence-corrected chi connectivity index (χ0v) is 58.0. The van der Waals surface area contributed by atoms with Gasteiger partial charge in [0.25, 0.3) is 0 Å². The standard InChI is InChI=1S/2C11H22.C9H13N.C9H18O2.C9H18O.C8H16O.C7H12N2O.C7H11NO/c1-9-5-7-10(8-6-9)11(2,3)4;1-11(2,3)9-10-7-5-4-6-8-10;1-9(2,3)8-5-4-6-10-7-8;1-8(2,3)9(10)4-6-11-7-5-9;1-9(2,3)8-4-6-10-7-5-8;1-8(2,3)7-4-5-9-6-7;1-5-8-9-6(10-5)7(2,3)4;1-7(2,3)6-8-4-5-9-6/h9-10H,5-8H2,1-4H3;10H,4-9H2,1-3H3;4-7H,1-3H3;10H,4-7H2,1-3H3;8H,4-7H2,1-3H3;7H,4-6H2,1-3H3;1-4H3;4-5H,1-3H3. The van der Waals surface area contributed by atoms with Gasteiger partial charge in [0.1, 0.15) is 6.26 Å². The van der Waals surface area contributed by atoms with Crippen molar-refractivity contribution in [1.82, 2.24) is 20.2 Å². The van der Waals surface area contributed by atoms with Gasteiger partial charge >= 0.3 is 0 Å². The Morgan fingerprint density at radius 1 is 0.531 bits per heavy atom. The molecule has 10 nitrogen and oxygen atoms in total. The molecule has 8 rings (SSSR count). The van der Waals surface area contributed by atoms with Crippen LogP contribution in [0.5, 0.6) is 0 Å². The lowest BCUT2D eigenvalue weighted by molar-refractivity contribution is -0.126. The highest BCUT2D eigenvalue weighted by Crippen LogP contribution is 2.41. The summed E-state index contributed by atoms with van der Waals surface area (Å²) < 4.78 is 26.1. The van der Waals surface area contributed by atoms with Crippen LogP contribution in [0.25, 0.3) is 0 Å². The molecule has 81 heavy (non-hydrogen) atoms. The lowest BCUT2D eigenvalue weighted by Gasteiger charge is -2.42. The van der Waals surface area contributed by atoms with Gasteiger partial charge in [-0.05, 0) is 112 Å². The molecule has 3 aromatic heterocycles. The molecule has 2 saturated carbocycles. The Labute approximate surface area is 500 Å². The summed E-state index contributed by atoms with van der Waals surface area (Å²) in [6, 6.07) is 4.08. The Morgan fingerprint density at radius 2 is 1.01 bits per heavy atom. The van der Waals surface area contributed by atoms with E-state index in [2.05, 4.69) is 179 Å². The fraction of sp³-hybridized carbons (Fsp3) is 0.859. The van der Waals surface area contributed by atoms with Crippen molar-refractivity contribution in [3.63, 3.8) is 0 Å². The lowest BCUT2D eigenvalue weighted by atomic mass is 9.70. The van der Waals surface area contributed by atoms with Crippen LogP contribution in [-0.2, 0) is 30.5 Å². The van der Waals surface area contributed by atoms with Crippen molar-refractivity contribution in [2.24, 2.45) is 56.7 Å². The highest BCUT2D eigenvalue weighted by molar-refractivity contribution is 5.17. The van der Waals surface area contributed by atoms with Crippen LogP contribution >= 0.6 is 0 Å². The molecular formula is C71H132N4O6. The van der Waals surface area contributed by atoms with Gasteiger partial charge in [-0.25, -0.2) is 4.98 Å². The molecule has 0 aromatic carbocycles. The zero-order valence-electron chi connectivity index (χ0n) is 58.0. The first-order chi connectivity index (χ1) is 37.0. The molecule has 5 fully saturated rings. The maximum atomic E-state index is 10.1. The Hall–Kier alpha value is -2.66. The number of aliphatic hydroxyl groups is 1. The normalized spacial score (nSPS) is 21.3. The molecule has 0 bridgehead atoms. The van der Waals surface area contributed by atoms with Gasteiger partial charge in [0.15, 0.2) is 5.89 Å². The first-order valence-corrected chi connectivity index (χ1v) is 32.0. The monoisotopic (exact) mass is 1140 g/mol. The minimum atomic E-state index is -0.509. The van der Waals surface area contributed by atoms with E-state index in [0.29, 0.717) is 46.7 Å². The second-order valence-corrected chi connectivity index (χ2v) is 33.1. The van der Waals surface area contributed by atoms with E-state index in [4.69, 9.17) is 23.0 Å². The minimum Gasteiger partial charge on any atom is -0.448 e. The molecule has 6 heterocycles. The van der Waals surface area contributed by atoms with E-state index < -0.39 is 5.60 Å². The van der Waals surface area contributed by atoms with Crippen LogP contribution in [0.4, 0.5) is 0 Å². The number of nitrogens with zero attached hydrogens (tertiary/aromatic N) is 4. The van der Waals surface area contributed by atoms with Gasteiger partial charge < -0.3 is 28.2 Å². The molecule has 3 aliphatic heterocycles. The summed E-state index contributed by atoms with van der Waals surface area (Å²) in [5.74, 6) is 6.81. The van der Waals surface area contributed by atoms with E-state index in [-0.39, 0.29) is 21.7 Å². The SMILES string of the molecule is CC(C)(C)C1(O)CCOCC1.CC(C)(C)C1CCOC1.CC(C)(C)C1CCOCC1.CC(C)(C)CC1CCCCC1.CC(C)(C)c1cccnc1.CC(C)(C)c1ncco1.CC1CCC(C(C)(C)C)CC1.Cc1nnc(C(C)(C)C)o1. The summed E-state index contributed by atoms with van der Waals surface area (Å²) in [4.78, 5) is 8.07. The molecule has 0 spiro atoms. The van der Waals surface area contributed by atoms with Crippen LogP contribution in [-0.4, -0.2) is 70.5 Å². The summed E-state index contributed by atoms with van der Waals surface area (Å²) in [5, 5.41) is 17.8. The molecule has 472 valence electrons. The number of hydrogen-bond acceptors (Lipinski definition) is 10. The number of pyridine rings is 1. The zero-order chi connectivity index (χ0) is 62.2. The van der Waals surface area contributed by atoms with Crippen LogP contribution in [0.1, 0.15) is 293 Å². The van der Waals surface area contributed by atoms with Gasteiger partial charge in [-0.1, -0.05) is 224 Å². The average Bonchev–Trinajstić information content (AvgIpc) is 4.18. The highest BCUT2D eigenvalue weighted by Gasteiger charge is 2.41. The largest absolute Gasteiger partial charge is 0.448 e. The highest BCUT2D eigenvalue weighted by atomic mass is 16.5. The van der Waals surface area contributed by atoms with Crippen molar-refractivity contribution in [1.29, 1.82) is 0 Å². The maximum Gasteiger partial charge on any atom is 0.221 e. The van der Waals surface area contributed by atoms with Crippen LogP contribution in [0.3, 0.4) is 0 Å². The first kappa shape index (κ1) is 76.4. The topological polar surface area (TPSA) is 126 Å². The van der Waals surface area contributed by atoms with Gasteiger partial charge in [0.05, 0.1) is 11.8 Å². The van der Waals surface area contributed by atoms with E-state index >= 15 is 0 Å². The van der Waals surface area contributed by atoms with Crippen molar-refractivity contribution >= 4 is 0 Å². The van der Waals surface area contributed by atoms with Gasteiger partial charge in [0, 0.05) is 82.6 Å². The van der Waals surface area contributed by atoms with Crippen LogP contribution in [0.15, 0.2) is 45.8 Å². The lowest BCUT2D eigenvalue weighted by Crippen LogP contribution is -2.47. The number of oxazole rings is 1. The van der Waals surface area contributed by atoms with Gasteiger partial charge in [-0.15, -0.1) is 10.2 Å². The predicted octanol–water partition coefficient (Wildman–Crippen LogP) is 20.0. The van der Waals surface area contributed by atoms with Crippen molar-refractivity contribution < 1.29 is 28.2 Å². The average molecular weight is 1140 g/mol. The molecule has 1 unspecified atom stereocenters. The molecule has 0 radical (unpaired) electrons. The van der Waals surface area contributed by atoms with Crippen LogP contribution in [0, 0.1) is 63.6 Å². The summed E-state index contributed by atoms with van der Waals surface area (Å²) >= 11 is 0. The third kappa shape index (κ3) is 33.6. The van der Waals surface area contributed by atoms with Gasteiger partial charge in [0.2, 0.25) is 11.8 Å². The van der Waals surface area contributed by atoms with E-state index in [1.165, 1.54) is 89.0 Å². The molecule has 2 aliphatic carbocycles. The summed E-state index contributed by atoms with van der Waals surface area (Å²) in [6.45, 7) is 62.7. The Bertz CT molecular complexity index is 1990. The number of aryl methyl sites for hydroxylation is 1. The molecule has 0 amide bonds. The van der Waals surface area contributed by atoms with Crippen molar-refractivity contribution in [3.8, 4) is 0 Å². The summed E-state index contributed by atoms with van der Waals surface area (Å²) in [7, 11) is 0. The number of aromatic nitrogens is 4. The van der Waals surface area contributed by atoms with Crippen molar-refractivity contribution in [2.75, 3.05) is 39.6 Å². The number of hydrogen-bond donors (Lipinski definition) is 1. The van der Waals surface area contributed by atoms with Crippen LogP contribution < -0.4 is 0 Å².